The van der Waals surface area contributed by atoms with Crippen molar-refractivity contribution in [3.8, 4) is 0 Å². The lowest BCUT2D eigenvalue weighted by Crippen LogP contribution is -2.36. The summed E-state index contributed by atoms with van der Waals surface area (Å²) in [5.74, 6) is 1.86. The summed E-state index contributed by atoms with van der Waals surface area (Å²) in [5.41, 5.74) is 5.46. The predicted molar refractivity (Wildman–Crippen MR) is 67.9 cm³/mol. The van der Waals surface area contributed by atoms with Crippen LogP contribution in [0.3, 0.4) is 0 Å². The van der Waals surface area contributed by atoms with Crippen LogP contribution in [0.1, 0.15) is 39.0 Å². The average Bonchev–Trinajstić information content (AvgIpc) is 2.89. The number of rotatable bonds is 4. The molecule has 2 aliphatic rings. The highest BCUT2D eigenvalue weighted by molar-refractivity contribution is 7.80. The first-order chi connectivity index (χ1) is 7.59. The smallest absolute Gasteiger partial charge is 0.223 e. The summed E-state index contributed by atoms with van der Waals surface area (Å²) in [7, 11) is 0. The molecule has 4 heteroatoms. The molecule has 16 heavy (non-hydrogen) atoms. The second kappa shape index (κ2) is 4.70. The molecular formula is C12H20N2OS. The third kappa shape index (κ3) is 2.54. The van der Waals surface area contributed by atoms with Crippen LogP contribution in [-0.2, 0) is 4.79 Å². The molecule has 3 N–H and O–H groups in total. The van der Waals surface area contributed by atoms with E-state index in [-0.39, 0.29) is 17.9 Å². The van der Waals surface area contributed by atoms with Gasteiger partial charge in [-0.15, -0.1) is 0 Å². The number of hydrogen-bond acceptors (Lipinski definition) is 2. The highest BCUT2D eigenvalue weighted by Crippen LogP contribution is 2.55. The van der Waals surface area contributed by atoms with Crippen LogP contribution in [0.4, 0.5) is 0 Å². The Bertz CT molecular complexity index is 293. The zero-order valence-corrected chi connectivity index (χ0v) is 10.6. The topological polar surface area (TPSA) is 55.1 Å². The van der Waals surface area contributed by atoms with Gasteiger partial charge >= 0.3 is 0 Å². The van der Waals surface area contributed by atoms with E-state index in [1.54, 1.807) is 0 Å². The number of nitrogens with two attached hydrogens (primary N) is 1. The Kier molecular flexibility index (Phi) is 3.47. The number of fused-ring (bicyclic) bond motifs is 1. The Morgan fingerprint density at radius 2 is 2.00 bits per heavy atom. The SMILES string of the molecule is CC(CC(N)=S)NC(=O)C1C2CCCCC21. The van der Waals surface area contributed by atoms with Crippen molar-refractivity contribution in [1.29, 1.82) is 0 Å². The quantitative estimate of drug-likeness (QED) is 0.734. The molecule has 0 aromatic rings. The van der Waals surface area contributed by atoms with Gasteiger partial charge in [0.05, 0.1) is 4.99 Å². The van der Waals surface area contributed by atoms with Crippen molar-refractivity contribution in [3.05, 3.63) is 0 Å². The number of hydrogen-bond donors (Lipinski definition) is 2. The highest BCUT2D eigenvalue weighted by Gasteiger charge is 2.54. The molecule has 2 rings (SSSR count). The minimum Gasteiger partial charge on any atom is -0.393 e. The number of amides is 1. The minimum absolute atomic E-state index is 0.0765. The van der Waals surface area contributed by atoms with E-state index in [2.05, 4.69) is 5.32 Å². The second-order valence-corrected chi connectivity index (χ2v) is 5.74. The predicted octanol–water partition coefficient (Wildman–Crippen LogP) is 1.60. The van der Waals surface area contributed by atoms with Gasteiger partial charge in [0.25, 0.3) is 0 Å². The molecule has 0 radical (unpaired) electrons. The lowest BCUT2D eigenvalue weighted by atomic mass is 10.0. The van der Waals surface area contributed by atoms with E-state index in [0.29, 0.717) is 23.2 Å². The van der Waals surface area contributed by atoms with Crippen molar-refractivity contribution >= 4 is 23.1 Å². The van der Waals surface area contributed by atoms with E-state index in [0.717, 1.165) is 0 Å². The fourth-order valence-electron chi connectivity index (χ4n) is 3.07. The lowest BCUT2D eigenvalue weighted by molar-refractivity contribution is -0.123. The monoisotopic (exact) mass is 240 g/mol. The molecule has 0 aromatic heterocycles. The van der Waals surface area contributed by atoms with Crippen LogP contribution in [0.2, 0.25) is 0 Å². The third-order valence-corrected chi connectivity index (χ3v) is 4.02. The van der Waals surface area contributed by atoms with Crippen LogP contribution < -0.4 is 11.1 Å². The summed E-state index contributed by atoms with van der Waals surface area (Å²) < 4.78 is 0. The molecule has 3 nitrogen and oxygen atoms in total. The zero-order valence-electron chi connectivity index (χ0n) is 9.74. The summed E-state index contributed by atoms with van der Waals surface area (Å²) in [6.07, 6.45) is 5.68. The lowest BCUT2D eigenvalue weighted by Gasteiger charge is -2.12. The van der Waals surface area contributed by atoms with Crippen LogP contribution in [-0.4, -0.2) is 16.9 Å². The van der Waals surface area contributed by atoms with Crippen molar-refractivity contribution < 1.29 is 4.79 Å². The molecule has 0 heterocycles. The molecule has 3 unspecified atom stereocenters. The van der Waals surface area contributed by atoms with Gasteiger partial charge in [-0.3, -0.25) is 4.79 Å². The standard InChI is InChI=1S/C12H20N2OS/c1-7(6-10(13)16)14-12(15)11-8-4-2-3-5-9(8)11/h7-9,11H,2-6H2,1H3,(H2,13,16)(H,14,15). The van der Waals surface area contributed by atoms with Gasteiger partial charge < -0.3 is 11.1 Å². The molecule has 0 aromatic carbocycles. The maximum atomic E-state index is 12.0. The number of thiocarbonyl (C=S) groups is 1. The van der Waals surface area contributed by atoms with Crippen LogP contribution in [0.5, 0.6) is 0 Å². The third-order valence-electron chi connectivity index (χ3n) is 3.86. The fraction of sp³-hybridized carbons (Fsp3) is 0.833. The van der Waals surface area contributed by atoms with Crippen molar-refractivity contribution in [1.82, 2.24) is 5.32 Å². The first-order valence-electron chi connectivity index (χ1n) is 6.18. The Balaban J connectivity index is 1.78. The van der Waals surface area contributed by atoms with E-state index in [1.165, 1.54) is 25.7 Å². The number of carbonyl (C=O) groups excluding carboxylic acids is 1. The average molecular weight is 240 g/mol. The number of nitrogens with one attached hydrogen (secondary N) is 1. The van der Waals surface area contributed by atoms with E-state index in [9.17, 15) is 4.79 Å². The van der Waals surface area contributed by atoms with Crippen molar-refractivity contribution in [3.63, 3.8) is 0 Å². The van der Waals surface area contributed by atoms with Gasteiger partial charge in [0.2, 0.25) is 5.91 Å². The van der Waals surface area contributed by atoms with Crippen molar-refractivity contribution in [2.45, 2.75) is 45.1 Å². The van der Waals surface area contributed by atoms with E-state index < -0.39 is 0 Å². The van der Waals surface area contributed by atoms with E-state index >= 15 is 0 Å². The Hall–Kier alpha value is -0.640. The summed E-state index contributed by atoms with van der Waals surface area (Å²) in [6.45, 7) is 1.96. The van der Waals surface area contributed by atoms with Gasteiger partial charge in [0.15, 0.2) is 0 Å². The molecule has 2 fully saturated rings. The molecule has 0 aliphatic heterocycles. The van der Waals surface area contributed by atoms with Crippen LogP contribution >= 0.6 is 12.2 Å². The molecule has 90 valence electrons. The highest BCUT2D eigenvalue weighted by atomic mass is 32.1. The first-order valence-corrected chi connectivity index (χ1v) is 6.59. The fourth-order valence-corrected chi connectivity index (χ4v) is 3.32. The van der Waals surface area contributed by atoms with Crippen LogP contribution in [0.15, 0.2) is 0 Å². The van der Waals surface area contributed by atoms with Gasteiger partial charge in [-0.25, -0.2) is 0 Å². The van der Waals surface area contributed by atoms with Crippen LogP contribution in [0.25, 0.3) is 0 Å². The molecule has 0 spiro atoms. The summed E-state index contributed by atoms with van der Waals surface area (Å²) in [4.78, 5) is 12.4. The molecule has 2 aliphatic carbocycles. The molecule has 0 saturated heterocycles. The van der Waals surface area contributed by atoms with E-state index in [4.69, 9.17) is 18.0 Å². The molecule has 2 saturated carbocycles. The maximum absolute atomic E-state index is 12.0. The Morgan fingerprint density at radius 3 is 2.50 bits per heavy atom. The van der Waals surface area contributed by atoms with Gasteiger partial charge in [-0.05, 0) is 31.6 Å². The Morgan fingerprint density at radius 1 is 1.44 bits per heavy atom. The molecular weight excluding hydrogens is 220 g/mol. The van der Waals surface area contributed by atoms with Gasteiger partial charge in [-0.1, -0.05) is 25.1 Å². The minimum atomic E-state index is 0.0765. The van der Waals surface area contributed by atoms with Gasteiger partial charge in [0.1, 0.15) is 0 Å². The first kappa shape index (κ1) is 11.8. The normalized spacial score (nSPS) is 33.7. The summed E-state index contributed by atoms with van der Waals surface area (Å²) >= 11 is 4.83. The Labute approximate surface area is 102 Å². The second-order valence-electron chi connectivity index (χ2n) is 5.22. The van der Waals surface area contributed by atoms with Crippen LogP contribution in [0, 0.1) is 17.8 Å². The molecule has 3 atom stereocenters. The molecule has 0 bridgehead atoms. The number of carbonyl (C=O) groups is 1. The van der Waals surface area contributed by atoms with Crippen molar-refractivity contribution in [2.75, 3.05) is 0 Å². The summed E-state index contributed by atoms with van der Waals surface area (Å²) in [5, 5.41) is 3.02. The van der Waals surface area contributed by atoms with Gasteiger partial charge in [-0.2, -0.15) is 0 Å². The van der Waals surface area contributed by atoms with E-state index in [1.807, 2.05) is 6.92 Å². The largest absolute Gasteiger partial charge is 0.393 e. The zero-order chi connectivity index (χ0) is 11.7. The summed E-state index contributed by atoms with van der Waals surface area (Å²) in [6, 6.07) is 0.0765. The molecule has 1 amide bonds. The van der Waals surface area contributed by atoms with Crippen molar-refractivity contribution in [2.24, 2.45) is 23.5 Å². The van der Waals surface area contributed by atoms with Gasteiger partial charge in [0, 0.05) is 18.4 Å². The maximum Gasteiger partial charge on any atom is 0.223 e.